The van der Waals surface area contributed by atoms with Crippen molar-refractivity contribution in [2.45, 2.75) is 65.8 Å². The lowest BCUT2D eigenvalue weighted by atomic mass is 9.81. The van der Waals surface area contributed by atoms with Crippen LogP contribution in [0.25, 0.3) is 0 Å². The smallest absolute Gasteiger partial charge is 0.0291 e. The van der Waals surface area contributed by atoms with Crippen LogP contribution in [-0.2, 0) is 0 Å². The van der Waals surface area contributed by atoms with E-state index in [2.05, 4.69) is 51.2 Å². The van der Waals surface area contributed by atoms with Crippen molar-refractivity contribution in [1.82, 2.24) is 5.32 Å². The minimum absolute atomic E-state index is 0.468. The van der Waals surface area contributed by atoms with E-state index in [-0.39, 0.29) is 0 Å². The van der Waals surface area contributed by atoms with Gasteiger partial charge in [-0.3, -0.25) is 0 Å². The molecule has 112 valence electrons. The van der Waals surface area contributed by atoms with E-state index in [0.29, 0.717) is 6.04 Å². The molecule has 0 bridgehead atoms. The third-order valence-corrected chi connectivity index (χ3v) is 5.08. The van der Waals surface area contributed by atoms with Crippen LogP contribution >= 0.6 is 0 Å². The van der Waals surface area contributed by atoms with Crippen LogP contribution in [0.4, 0.5) is 0 Å². The molecule has 0 radical (unpaired) electrons. The Morgan fingerprint density at radius 2 is 2.00 bits per heavy atom. The van der Waals surface area contributed by atoms with E-state index >= 15 is 0 Å². The van der Waals surface area contributed by atoms with Crippen molar-refractivity contribution in [3.05, 3.63) is 34.9 Å². The van der Waals surface area contributed by atoms with Crippen molar-refractivity contribution in [2.75, 3.05) is 6.54 Å². The highest BCUT2D eigenvalue weighted by Gasteiger charge is 2.18. The summed E-state index contributed by atoms with van der Waals surface area (Å²) in [6.45, 7) is 10.2. The number of nitrogens with one attached hydrogen (secondary N) is 1. The lowest BCUT2D eigenvalue weighted by molar-refractivity contribution is 0.265. The maximum absolute atomic E-state index is 3.71. The molecule has 1 nitrogen and oxygen atoms in total. The van der Waals surface area contributed by atoms with E-state index in [1.54, 1.807) is 0 Å². The highest BCUT2D eigenvalue weighted by atomic mass is 14.9. The standard InChI is InChI=1S/C19H31N/c1-14-6-5-7-18(12-14)10-11-20-17(4)19-9-8-15(2)16(3)13-19/h8-9,13-14,17-18,20H,5-7,10-12H2,1-4H3. The molecule has 1 aromatic carbocycles. The average molecular weight is 273 g/mol. The van der Waals surface area contributed by atoms with Gasteiger partial charge in [0, 0.05) is 6.04 Å². The first-order chi connectivity index (χ1) is 9.56. The average Bonchev–Trinajstić information content (AvgIpc) is 2.42. The van der Waals surface area contributed by atoms with Gasteiger partial charge >= 0.3 is 0 Å². The van der Waals surface area contributed by atoms with Crippen molar-refractivity contribution in [1.29, 1.82) is 0 Å². The second-order valence-corrected chi connectivity index (χ2v) is 6.95. The number of benzene rings is 1. The molecule has 20 heavy (non-hydrogen) atoms. The van der Waals surface area contributed by atoms with Crippen molar-refractivity contribution in [3.8, 4) is 0 Å². The summed E-state index contributed by atoms with van der Waals surface area (Å²) < 4.78 is 0. The predicted molar refractivity (Wildman–Crippen MR) is 88.1 cm³/mol. The quantitative estimate of drug-likeness (QED) is 0.780. The summed E-state index contributed by atoms with van der Waals surface area (Å²) in [7, 11) is 0. The molecule has 3 unspecified atom stereocenters. The van der Waals surface area contributed by atoms with Crippen molar-refractivity contribution in [3.63, 3.8) is 0 Å². The van der Waals surface area contributed by atoms with Gasteiger partial charge in [0.25, 0.3) is 0 Å². The van der Waals surface area contributed by atoms with Crippen molar-refractivity contribution < 1.29 is 0 Å². The van der Waals surface area contributed by atoms with Gasteiger partial charge in [0.1, 0.15) is 0 Å². The molecule has 0 saturated heterocycles. The minimum Gasteiger partial charge on any atom is -0.310 e. The van der Waals surface area contributed by atoms with Crippen LogP contribution in [0.5, 0.6) is 0 Å². The maximum atomic E-state index is 3.71. The summed E-state index contributed by atoms with van der Waals surface area (Å²) in [5.74, 6) is 1.91. The van der Waals surface area contributed by atoms with Crippen LogP contribution in [0.15, 0.2) is 18.2 Å². The fourth-order valence-corrected chi connectivity index (χ4v) is 3.48. The predicted octanol–water partition coefficient (Wildman–Crippen LogP) is 5.17. The first kappa shape index (κ1) is 15.6. The molecule has 0 aliphatic heterocycles. The molecular weight excluding hydrogens is 242 g/mol. The number of hydrogen-bond donors (Lipinski definition) is 1. The van der Waals surface area contributed by atoms with Crippen LogP contribution in [0.1, 0.15) is 68.7 Å². The van der Waals surface area contributed by atoms with Crippen molar-refractivity contribution >= 4 is 0 Å². The second-order valence-electron chi connectivity index (χ2n) is 6.95. The highest BCUT2D eigenvalue weighted by Crippen LogP contribution is 2.30. The van der Waals surface area contributed by atoms with E-state index in [9.17, 15) is 0 Å². The zero-order valence-corrected chi connectivity index (χ0v) is 13.7. The van der Waals surface area contributed by atoms with Crippen LogP contribution in [0, 0.1) is 25.7 Å². The van der Waals surface area contributed by atoms with E-state index in [0.717, 1.165) is 18.4 Å². The Hall–Kier alpha value is -0.820. The summed E-state index contributed by atoms with van der Waals surface area (Å²) in [6, 6.07) is 7.31. The third kappa shape index (κ3) is 4.34. The molecule has 1 heteroatoms. The summed E-state index contributed by atoms with van der Waals surface area (Å²) in [5.41, 5.74) is 4.21. The van der Waals surface area contributed by atoms with Crippen LogP contribution in [0.3, 0.4) is 0 Å². The summed E-state index contributed by atoms with van der Waals surface area (Å²) in [6.07, 6.45) is 7.13. The minimum atomic E-state index is 0.468. The Kier molecular flexibility index (Phi) is 5.65. The van der Waals surface area contributed by atoms with Crippen molar-refractivity contribution in [2.24, 2.45) is 11.8 Å². The molecule has 0 aromatic heterocycles. The Bertz CT molecular complexity index is 424. The molecular formula is C19H31N. The Labute approximate surface area is 125 Å². The lowest BCUT2D eigenvalue weighted by Gasteiger charge is -2.27. The Morgan fingerprint density at radius 3 is 2.70 bits per heavy atom. The van der Waals surface area contributed by atoms with Gasteiger partial charge in [0.05, 0.1) is 0 Å². The Morgan fingerprint density at radius 1 is 1.20 bits per heavy atom. The van der Waals surface area contributed by atoms with Gasteiger partial charge in [0.15, 0.2) is 0 Å². The van der Waals surface area contributed by atoms with E-state index in [4.69, 9.17) is 0 Å². The zero-order chi connectivity index (χ0) is 14.5. The molecule has 0 amide bonds. The summed E-state index contributed by atoms with van der Waals surface area (Å²) in [5, 5.41) is 3.71. The van der Waals surface area contributed by atoms with Gasteiger partial charge in [-0.2, -0.15) is 0 Å². The fraction of sp³-hybridized carbons (Fsp3) is 0.684. The molecule has 1 fully saturated rings. The molecule has 1 aliphatic rings. The maximum Gasteiger partial charge on any atom is 0.0291 e. The fourth-order valence-electron chi connectivity index (χ4n) is 3.48. The summed E-state index contributed by atoms with van der Waals surface area (Å²) in [4.78, 5) is 0. The topological polar surface area (TPSA) is 12.0 Å². The van der Waals surface area contributed by atoms with E-state index in [1.165, 1.54) is 48.8 Å². The number of aryl methyl sites for hydroxylation is 2. The van der Waals surface area contributed by atoms with Gasteiger partial charge < -0.3 is 5.32 Å². The van der Waals surface area contributed by atoms with Crippen LogP contribution < -0.4 is 5.32 Å². The molecule has 1 aliphatic carbocycles. The lowest BCUT2D eigenvalue weighted by Crippen LogP contribution is -2.24. The third-order valence-electron chi connectivity index (χ3n) is 5.08. The first-order valence-corrected chi connectivity index (χ1v) is 8.36. The molecule has 1 saturated carbocycles. The molecule has 2 rings (SSSR count). The SMILES string of the molecule is Cc1ccc(C(C)NCCC2CCCC(C)C2)cc1C. The highest BCUT2D eigenvalue weighted by molar-refractivity contribution is 5.31. The van der Waals surface area contributed by atoms with Gasteiger partial charge in [-0.25, -0.2) is 0 Å². The van der Waals surface area contributed by atoms with E-state index in [1.807, 2.05) is 0 Å². The van der Waals surface area contributed by atoms with Gasteiger partial charge in [0.2, 0.25) is 0 Å². The number of rotatable bonds is 5. The Balaban J connectivity index is 1.77. The molecule has 1 N–H and O–H groups in total. The largest absolute Gasteiger partial charge is 0.310 e. The van der Waals surface area contributed by atoms with E-state index < -0.39 is 0 Å². The first-order valence-electron chi connectivity index (χ1n) is 8.36. The molecule has 3 atom stereocenters. The second kappa shape index (κ2) is 7.26. The van der Waals surface area contributed by atoms with Crippen LogP contribution in [-0.4, -0.2) is 6.54 Å². The van der Waals surface area contributed by atoms with Crippen LogP contribution in [0.2, 0.25) is 0 Å². The molecule has 1 aromatic rings. The molecule has 0 heterocycles. The molecule has 0 spiro atoms. The zero-order valence-electron chi connectivity index (χ0n) is 13.7. The summed E-state index contributed by atoms with van der Waals surface area (Å²) >= 11 is 0. The van der Waals surface area contributed by atoms with Gasteiger partial charge in [-0.15, -0.1) is 0 Å². The monoisotopic (exact) mass is 273 g/mol. The van der Waals surface area contributed by atoms with Gasteiger partial charge in [-0.1, -0.05) is 44.4 Å². The normalized spacial score (nSPS) is 24.6. The van der Waals surface area contributed by atoms with Gasteiger partial charge in [-0.05, 0) is 68.7 Å². The number of hydrogen-bond acceptors (Lipinski definition) is 1.